The average Bonchev–Trinajstić information content (AvgIpc) is 3.13. The van der Waals surface area contributed by atoms with Crippen LogP contribution in [0.3, 0.4) is 0 Å². The van der Waals surface area contributed by atoms with Crippen LogP contribution in [0.5, 0.6) is 0 Å². The Kier molecular flexibility index (Phi) is 8.74. The zero-order valence-corrected chi connectivity index (χ0v) is 16.2. The van der Waals surface area contributed by atoms with Crippen LogP contribution in [0.25, 0.3) is 0 Å². The molecule has 1 aromatic rings. The van der Waals surface area contributed by atoms with E-state index in [1.807, 2.05) is 0 Å². The quantitative estimate of drug-likeness (QED) is 0.331. The fourth-order valence-corrected chi connectivity index (χ4v) is 2.37. The van der Waals surface area contributed by atoms with Crippen LogP contribution in [0.2, 0.25) is 0 Å². The van der Waals surface area contributed by atoms with Gasteiger partial charge in [-0.15, -0.1) is 24.0 Å². The lowest BCUT2D eigenvalue weighted by Crippen LogP contribution is -2.39. The van der Waals surface area contributed by atoms with Crippen LogP contribution in [0, 0.1) is 0 Å². The van der Waals surface area contributed by atoms with E-state index in [4.69, 9.17) is 9.52 Å². The molecule has 1 aliphatic rings. The summed E-state index contributed by atoms with van der Waals surface area (Å²) in [5.41, 5.74) is 0. The van der Waals surface area contributed by atoms with Gasteiger partial charge in [-0.3, -0.25) is 4.99 Å². The highest BCUT2D eigenvalue weighted by Gasteiger charge is 2.15. The number of likely N-dealkylation sites (tertiary alicyclic amines) is 1. The van der Waals surface area contributed by atoms with Crippen LogP contribution in [0.4, 0.5) is 0 Å². The highest BCUT2D eigenvalue weighted by molar-refractivity contribution is 14.0. The van der Waals surface area contributed by atoms with Gasteiger partial charge in [0.2, 0.25) is 5.89 Å². The number of aromatic nitrogens is 2. The van der Waals surface area contributed by atoms with Gasteiger partial charge in [-0.25, -0.2) is 0 Å². The largest absolute Gasteiger partial charge is 0.357 e. The first-order valence-corrected chi connectivity index (χ1v) is 8.06. The first-order valence-electron chi connectivity index (χ1n) is 8.06. The number of aliphatic imine (C=N–C) groups is 1. The van der Waals surface area contributed by atoms with E-state index in [0.717, 1.165) is 56.7 Å². The normalized spacial score (nSPS) is 15.3. The van der Waals surface area contributed by atoms with Crippen molar-refractivity contribution in [2.24, 2.45) is 4.99 Å². The van der Waals surface area contributed by atoms with Crippen molar-refractivity contribution in [1.82, 2.24) is 20.4 Å². The molecule has 1 aliphatic heterocycles. The Bertz CT molecular complexity index is 455. The van der Waals surface area contributed by atoms with Crippen molar-refractivity contribution < 1.29 is 4.52 Å². The van der Waals surface area contributed by atoms with E-state index in [0.29, 0.717) is 5.92 Å². The van der Waals surface area contributed by atoms with Crippen molar-refractivity contribution in [2.75, 3.05) is 26.2 Å². The van der Waals surface area contributed by atoms with Crippen molar-refractivity contribution >= 4 is 29.9 Å². The Hall–Kier alpha value is -0.860. The summed E-state index contributed by atoms with van der Waals surface area (Å²) in [7, 11) is 0. The summed E-state index contributed by atoms with van der Waals surface area (Å²) in [5.74, 6) is 2.87. The number of aryl methyl sites for hydroxylation is 1. The van der Waals surface area contributed by atoms with Gasteiger partial charge in [0.15, 0.2) is 11.8 Å². The molecule has 0 unspecified atom stereocenters. The predicted molar refractivity (Wildman–Crippen MR) is 98.9 cm³/mol. The van der Waals surface area contributed by atoms with E-state index >= 15 is 0 Å². The molecule has 0 amide bonds. The van der Waals surface area contributed by atoms with Crippen LogP contribution in [-0.2, 0) is 6.42 Å². The van der Waals surface area contributed by atoms with Gasteiger partial charge in [-0.2, -0.15) is 4.98 Å². The second-order valence-electron chi connectivity index (χ2n) is 5.73. The third-order valence-corrected chi connectivity index (χ3v) is 3.55. The van der Waals surface area contributed by atoms with Crippen molar-refractivity contribution in [3.8, 4) is 0 Å². The molecule has 0 spiro atoms. The lowest BCUT2D eigenvalue weighted by molar-refractivity contribution is 0.369. The maximum absolute atomic E-state index is 5.24. The smallest absolute Gasteiger partial charge is 0.226 e. The summed E-state index contributed by atoms with van der Waals surface area (Å²) in [6, 6.07) is 0. The Morgan fingerprint density at radius 2 is 2.09 bits per heavy atom. The molecule has 0 aliphatic carbocycles. The molecule has 1 saturated heterocycles. The van der Waals surface area contributed by atoms with E-state index in [9.17, 15) is 0 Å². The van der Waals surface area contributed by atoms with Crippen LogP contribution in [-0.4, -0.2) is 47.2 Å². The van der Waals surface area contributed by atoms with Crippen molar-refractivity contribution in [3.63, 3.8) is 0 Å². The lowest BCUT2D eigenvalue weighted by atomic mass is 10.2. The number of hydrogen-bond donors (Lipinski definition) is 1. The maximum Gasteiger partial charge on any atom is 0.226 e. The van der Waals surface area contributed by atoms with E-state index in [1.165, 1.54) is 12.8 Å². The first-order chi connectivity index (χ1) is 10.2. The Balaban J connectivity index is 0.00000242. The summed E-state index contributed by atoms with van der Waals surface area (Å²) < 4.78 is 5.24. The number of hydrogen-bond acceptors (Lipinski definition) is 4. The van der Waals surface area contributed by atoms with Crippen molar-refractivity contribution in [3.05, 3.63) is 11.7 Å². The van der Waals surface area contributed by atoms with Gasteiger partial charge in [0.25, 0.3) is 0 Å². The second-order valence-corrected chi connectivity index (χ2v) is 5.73. The number of guanidine groups is 1. The van der Waals surface area contributed by atoms with E-state index in [-0.39, 0.29) is 24.0 Å². The van der Waals surface area contributed by atoms with Crippen molar-refractivity contribution in [2.45, 2.75) is 52.4 Å². The summed E-state index contributed by atoms with van der Waals surface area (Å²) >= 11 is 0. The summed E-state index contributed by atoms with van der Waals surface area (Å²) in [6.07, 6.45) is 4.26. The molecule has 0 aromatic carbocycles. The van der Waals surface area contributed by atoms with Crippen LogP contribution >= 0.6 is 24.0 Å². The zero-order chi connectivity index (χ0) is 15.1. The fraction of sp³-hybridized carbons (Fsp3) is 0.800. The molecule has 1 N–H and O–H groups in total. The molecule has 0 saturated carbocycles. The molecule has 0 radical (unpaired) electrons. The molecule has 1 fully saturated rings. The van der Waals surface area contributed by atoms with E-state index in [2.05, 4.69) is 41.1 Å². The van der Waals surface area contributed by atoms with Crippen LogP contribution < -0.4 is 5.32 Å². The minimum Gasteiger partial charge on any atom is -0.357 e. The van der Waals surface area contributed by atoms with Gasteiger partial charge in [-0.05, 0) is 26.2 Å². The highest BCUT2D eigenvalue weighted by Crippen LogP contribution is 2.11. The minimum absolute atomic E-state index is 0. The monoisotopic (exact) mass is 421 g/mol. The standard InChI is InChI=1S/C15H27N5O.HI/c1-4-16-15(20-10-5-6-11-20)17-9-7-8-13-18-14(12(2)3)19-21-13;/h12H,4-11H2,1-3H3,(H,16,17);1H. The maximum atomic E-state index is 5.24. The summed E-state index contributed by atoms with van der Waals surface area (Å²) in [5, 5.41) is 7.35. The number of nitrogens with zero attached hydrogens (tertiary/aromatic N) is 4. The van der Waals surface area contributed by atoms with E-state index < -0.39 is 0 Å². The molecule has 6 nitrogen and oxygen atoms in total. The van der Waals surface area contributed by atoms with E-state index in [1.54, 1.807) is 0 Å². The molecule has 126 valence electrons. The minimum atomic E-state index is 0. The SMILES string of the molecule is CCNC(=NCCCc1nc(C(C)C)no1)N1CCCC1.I. The third-order valence-electron chi connectivity index (χ3n) is 3.55. The van der Waals surface area contributed by atoms with Crippen LogP contribution in [0.15, 0.2) is 9.52 Å². The average molecular weight is 421 g/mol. The number of halogens is 1. The molecule has 0 atom stereocenters. The molecule has 0 bridgehead atoms. The fourth-order valence-electron chi connectivity index (χ4n) is 2.37. The molecule has 2 heterocycles. The Morgan fingerprint density at radius 1 is 1.36 bits per heavy atom. The van der Waals surface area contributed by atoms with Gasteiger partial charge in [-0.1, -0.05) is 19.0 Å². The van der Waals surface area contributed by atoms with Crippen LogP contribution in [0.1, 0.15) is 57.7 Å². The Labute approximate surface area is 150 Å². The summed E-state index contributed by atoms with van der Waals surface area (Å²) in [6.45, 7) is 10.2. The second kappa shape index (κ2) is 10.0. The summed E-state index contributed by atoms with van der Waals surface area (Å²) in [4.78, 5) is 11.4. The van der Waals surface area contributed by atoms with Gasteiger partial charge >= 0.3 is 0 Å². The molecular formula is C15H28IN5O. The Morgan fingerprint density at radius 3 is 2.68 bits per heavy atom. The molecule has 2 rings (SSSR count). The highest BCUT2D eigenvalue weighted by atomic mass is 127. The van der Waals surface area contributed by atoms with Gasteiger partial charge in [0.1, 0.15) is 0 Å². The van der Waals surface area contributed by atoms with Crippen molar-refractivity contribution in [1.29, 1.82) is 0 Å². The lowest BCUT2D eigenvalue weighted by Gasteiger charge is -2.20. The first kappa shape index (κ1) is 19.2. The number of rotatable bonds is 6. The topological polar surface area (TPSA) is 66.5 Å². The van der Waals surface area contributed by atoms with Gasteiger partial charge < -0.3 is 14.7 Å². The predicted octanol–water partition coefficient (Wildman–Crippen LogP) is 2.80. The van der Waals surface area contributed by atoms with Gasteiger partial charge in [0, 0.05) is 38.5 Å². The molecule has 1 aromatic heterocycles. The molecular weight excluding hydrogens is 393 g/mol. The third kappa shape index (κ3) is 5.73. The molecule has 7 heteroatoms. The molecule has 22 heavy (non-hydrogen) atoms. The zero-order valence-electron chi connectivity index (χ0n) is 13.8. The number of nitrogens with one attached hydrogen (secondary N) is 1. The van der Waals surface area contributed by atoms with Gasteiger partial charge in [0.05, 0.1) is 0 Å².